The van der Waals surface area contributed by atoms with Crippen molar-refractivity contribution in [1.82, 2.24) is 4.31 Å². The van der Waals surface area contributed by atoms with Crippen LogP contribution < -0.4 is 10.2 Å². The van der Waals surface area contributed by atoms with Gasteiger partial charge in [-0.15, -0.1) is 0 Å². The van der Waals surface area contributed by atoms with Gasteiger partial charge in [-0.1, -0.05) is 18.2 Å². The van der Waals surface area contributed by atoms with Crippen LogP contribution in [0.15, 0.2) is 47.4 Å². The molecule has 2 aromatic rings. The highest BCUT2D eigenvalue weighted by atomic mass is 32.2. The van der Waals surface area contributed by atoms with Crippen LogP contribution in [0.5, 0.6) is 0 Å². The molecule has 0 aromatic heterocycles. The van der Waals surface area contributed by atoms with Crippen molar-refractivity contribution in [2.24, 2.45) is 0 Å². The second kappa shape index (κ2) is 9.96. The third kappa shape index (κ3) is 4.91. The zero-order valence-electron chi connectivity index (χ0n) is 19.4. The summed E-state index contributed by atoms with van der Waals surface area (Å²) in [6, 6.07) is 11.9. The average molecular weight is 500 g/mol. The number of piperidine rings is 1. The van der Waals surface area contributed by atoms with Crippen molar-refractivity contribution in [2.75, 3.05) is 49.6 Å². The molecule has 2 fully saturated rings. The number of morpholine rings is 1. The fourth-order valence-corrected chi connectivity index (χ4v) is 6.25. The van der Waals surface area contributed by atoms with Crippen LogP contribution in [0.1, 0.15) is 35.2 Å². The fourth-order valence-electron chi connectivity index (χ4n) is 4.81. The van der Waals surface area contributed by atoms with Crippen LogP contribution >= 0.6 is 0 Å². The quantitative estimate of drug-likeness (QED) is 0.630. The van der Waals surface area contributed by atoms with Crippen LogP contribution in [-0.2, 0) is 30.7 Å². The third-order valence-electron chi connectivity index (χ3n) is 6.71. The molecule has 0 spiro atoms. The molecule has 3 aliphatic heterocycles. The van der Waals surface area contributed by atoms with Crippen LogP contribution in [0.2, 0.25) is 0 Å². The van der Waals surface area contributed by atoms with Gasteiger partial charge in [0, 0.05) is 32.6 Å². The number of anilines is 2. The van der Waals surface area contributed by atoms with Crippen molar-refractivity contribution in [3.63, 3.8) is 0 Å². The van der Waals surface area contributed by atoms with E-state index in [1.165, 1.54) is 10.4 Å². The summed E-state index contributed by atoms with van der Waals surface area (Å²) in [7, 11) is -3.74. The zero-order valence-corrected chi connectivity index (χ0v) is 20.3. The second-order valence-electron chi connectivity index (χ2n) is 8.99. The molecule has 2 saturated heterocycles. The maximum absolute atomic E-state index is 13.3. The highest BCUT2D eigenvalue weighted by Crippen LogP contribution is 2.33. The third-order valence-corrected chi connectivity index (χ3v) is 8.61. The Morgan fingerprint density at radius 2 is 1.71 bits per heavy atom. The largest absolute Gasteiger partial charge is 0.448 e. The van der Waals surface area contributed by atoms with Crippen molar-refractivity contribution >= 4 is 33.3 Å². The summed E-state index contributed by atoms with van der Waals surface area (Å²) in [6.45, 7) is 2.92. The smallest absolute Gasteiger partial charge is 0.339 e. The van der Waals surface area contributed by atoms with E-state index in [0.717, 1.165) is 43.6 Å². The number of carbonyl (C=O) groups is 2. The van der Waals surface area contributed by atoms with Gasteiger partial charge in [-0.25, -0.2) is 13.2 Å². The van der Waals surface area contributed by atoms with E-state index in [0.29, 0.717) is 24.5 Å². The molecule has 1 amide bonds. The van der Waals surface area contributed by atoms with Gasteiger partial charge >= 0.3 is 5.97 Å². The molecular weight excluding hydrogens is 470 g/mol. The van der Waals surface area contributed by atoms with E-state index in [1.54, 1.807) is 24.3 Å². The Kier molecular flexibility index (Phi) is 6.77. The highest BCUT2D eigenvalue weighted by Gasteiger charge is 2.33. The summed E-state index contributed by atoms with van der Waals surface area (Å²) in [6.07, 6.45) is 2.46. The number of esters is 1. The van der Waals surface area contributed by atoms with Crippen LogP contribution in [0, 0.1) is 0 Å². The number of sulfonamides is 1. The predicted molar refractivity (Wildman–Crippen MR) is 130 cm³/mol. The van der Waals surface area contributed by atoms with Crippen LogP contribution in [0.4, 0.5) is 11.4 Å². The summed E-state index contributed by atoms with van der Waals surface area (Å²) >= 11 is 0. The van der Waals surface area contributed by atoms with E-state index in [2.05, 4.69) is 10.2 Å². The van der Waals surface area contributed by atoms with Crippen LogP contribution in [-0.4, -0.2) is 70.1 Å². The van der Waals surface area contributed by atoms with Crippen molar-refractivity contribution < 1.29 is 27.5 Å². The Balaban J connectivity index is 1.44. The number of benzene rings is 2. The number of hydrogen-bond acceptors (Lipinski definition) is 7. The van der Waals surface area contributed by atoms with Crippen molar-refractivity contribution in [1.29, 1.82) is 0 Å². The Morgan fingerprint density at radius 1 is 0.971 bits per heavy atom. The highest BCUT2D eigenvalue weighted by molar-refractivity contribution is 7.89. The lowest BCUT2D eigenvalue weighted by Gasteiger charge is -2.32. The minimum Gasteiger partial charge on any atom is -0.448 e. The summed E-state index contributed by atoms with van der Waals surface area (Å²) in [5.74, 6) is -1.01. The first kappa shape index (κ1) is 23.8. The van der Waals surface area contributed by atoms with Gasteiger partial charge in [0.25, 0.3) is 5.91 Å². The first-order valence-corrected chi connectivity index (χ1v) is 13.4. The Labute approximate surface area is 205 Å². The normalized spacial score (nSPS) is 21.2. The minimum atomic E-state index is -3.74. The van der Waals surface area contributed by atoms with E-state index < -0.39 is 28.0 Å². The summed E-state index contributed by atoms with van der Waals surface area (Å²) in [5.41, 5.74) is 2.38. The SMILES string of the molecule is O=C1OC(C(=O)Nc2cc(S(=O)(=O)N3CCOCC3)ccc2N2CCCCC2)Cc2ccccc21. The molecule has 0 saturated carbocycles. The molecule has 0 aliphatic carbocycles. The number of carbonyl (C=O) groups excluding carboxylic acids is 2. The van der Waals surface area contributed by atoms with Gasteiger partial charge in [0.05, 0.1) is 35.0 Å². The number of nitrogens with zero attached hydrogens (tertiary/aromatic N) is 2. The standard InChI is InChI=1S/C25H29N3O6S/c29-24(23-16-18-6-2-3-7-20(18)25(30)34-23)26-21-17-19(35(31,32)28-12-14-33-15-13-28)8-9-22(21)27-10-4-1-5-11-27/h2-3,6-9,17,23H,1,4-5,10-16H2,(H,26,29). The molecule has 2 aromatic carbocycles. The lowest BCUT2D eigenvalue weighted by Crippen LogP contribution is -2.41. The average Bonchev–Trinajstić information content (AvgIpc) is 2.89. The Hall–Kier alpha value is -2.95. The van der Waals surface area contributed by atoms with E-state index in [1.807, 2.05) is 12.1 Å². The summed E-state index contributed by atoms with van der Waals surface area (Å²) < 4.78 is 38.7. The lowest BCUT2D eigenvalue weighted by atomic mass is 9.98. The monoisotopic (exact) mass is 499 g/mol. The van der Waals surface area contributed by atoms with E-state index in [4.69, 9.17) is 9.47 Å². The van der Waals surface area contributed by atoms with Gasteiger partial charge in [-0.05, 0) is 49.1 Å². The first-order chi connectivity index (χ1) is 16.9. The predicted octanol–water partition coefficient (Wildman–Crippen LogP) is 2.42. The number of hydrogen-bond donors (Lipinski definition) is 1. The van der Waals surface area contributed by atoms with E-state index in [-0.39, 0.29) is 24.4 Å². The van der Waals surface area contributed by atoms with Gasteiger partial charge in [-0.3, -0.25) is 4.79 Å². The molecule has 0 radical (unpaired) electrons. The van der Waals surface area contributed by atoms with Gasteiger partial charge in [0.1, 0.15) is 0 Å². The Bertz CT molecular complexity index is 1220. The van der Waals surface area contributed by atoms with E-state index in [9.17, 15) is 18.0 Å². The first-order valence-electron chi connectivity index (χ1n) is 12.0. The number of rotatable bonds is 5. The number of cyclic esters (lactones) is 1. The number of nitrogens with one attached hydrogen (secondary N) is 1. The molecule has 1 N–H and O–H groups in total. The zero-order chi connectivity index (χ0) is 24.4. The van der Waals surface area contributed by atoms with E-state index >= 15 is 0 Å². The minimum absolute atomic E-state index is 0.112. The van der Waals surface area contributed by atoms with Gasteiger partial charge in [0.2, 0.25) is 10.0 Å². The lowest BCUT2D eigenvalue weighted by molar-refractivity contribution is -0.125. The van der Waals surface area contributed by atoms with Crippen molar-refractivity contribution in [2.45, 2.75) is 36.7 Å². The Morgan fingerprint density at radius 3 is 2.49 bits per heavy atom. The number of ether oxygens (including phenoxy) is 2. The van der Waals surface area contributed by atoms with Crippen molar-refractivity contribution in [3.05, 3.63) is 53.6 Å². The molecule has 10 heteroatoms. The molecule has 1 unspecified atom stereocenters. The molecule has 3 aliphatic rings. The molecule has 5 rings (SSSR count). The van der Waals surface area contributed by atoms with Crippen LogP contribution in [0.3, 0.4) is 0 Å². The van der Waals surface area contributed by atoms with Gasteiger partial charge < -0.3 is 19.7 Å². The molecule has 1 atom stereocenters. The van der Waals surface area contributed by atoms with Gasteiger partial charge in [-0.2, -0.15) is 4.31 Å². The molecular formula is C25H29N3O6S. The molecule has 186 valence electrons. The maximum Gasteiger partial charge on any atom is 0.339 e. The molecule has 0 bridgehead atoms. The van der Waals surface area contributed by atoms with Crippen LogP contribution in [0.25, 0.3) is 0 Å². The molecule has 3 heterocycles. The topological polar surface area (TPSA) is 105 Å². The second-order valence-corrected chi connectivity index (χ2v) is 10.9. The van der Waals surface area contributed by atoms with Gasteiger partial charge in [0.15, 0.2) is 6.10 Å². The number of amides is 1. The summed E-state index contributed by atoms with van der Waals surface area (Å²) in [5, 5.41) is 2.88. The number of fused-ring (bicyclic) bond motifs is 1. The van der Waals surface area contributed by atoms with Crippen molar-refractivity contribution in [3.8, 4) is 0 Å². The maximum atomic E-state index is 13.3. The molecule has 35 heavy (non-hydrogen) atoms. The fraction of sp³-hybridized carbons (Fsp3) is 0.440. The summed E-state index contributed by atoms with van der Waals surface area (Å²) in [4.78, 5) is 27.9. The molecule has 9 nitrogen and oxygen atoms in total.